The summed E-state index contributed by atoms with van der Waals surface area (Å²) in [7, 11) is 0. The van der Waals surface area contributed by atoms with E-state index in [-0.39, 0.29) is 31.0 Å². The minimum atomic E-state index is -1.07. The number of carboxylic acid groups (broad SMARTS) is 1. The minimum absolute atomic E-state index is 0.0560. The van der Waals surface area contributed by atoms with Crippen molar-refractivity contribution in [1.82, 2.24) is 15.1 Å². The topological polar surface area (TPSA) is 108 Å². The van der Waals surface area contributed by atoms with Crippen LogP contribution < -0.4 is 5.32 Å². The SMILES string of the molecule is Cc1nn(CC(=O)NCCC#N)cc1C(=O)O. The monoisotopic (exact) mass is 236 g/mol. The van der Waals surface area contributed by atoms with Crippen LogP contribution in [0.25, 0.3) is 0 Å². The number of hydrogen-bond donors (Lipinski definition) is 2. The molecule has 1 amide bonds. The Balaban J connectivity index is 2.57. The standard InChI is InChI=1S/C10H12N4O3/c1-7-8(10(16)17)5-14(13-7)6-9(15)12-4-2-3-11/h5H,2,4,6H2,1H3,(H,12,15)(H,16,17). The third-order valence-corrected chi connectivity index (χ3v) is 2.04. The van der Waals surface area contributed by atoms with Gasteiger partial charge < -0.3 is 10.4 Å². The van der Waals surface area contributed by atoms with E-state index in [1.165, 1.54) is 10.9 Å². The molecule has 1 aromatic rings. The third-order valence-electron chi connectivity index (χ3n) is 2.04. The van der Waals surface area contributed by atoms with Gasteiger partial charge in [-0.1, -0.05) is 0 Å². The van der Waals surface area contributed by atoms with Crippen LogP contribution in [0.5, 0.6) is 0 Å². The van der Waals surface area contributed by atoms with Crippen molar-refractivity contribution in [3.8, 4) is 6.07 Å². The van der Waals surface area contributed by atoms with Gasteiger partial charge >= 0.3 is 5.97 Å². The molecule has 0 atom stereocenters. The van der Waals surface area contributed by atoms with Gasteiger partial charge in [0, 0.05) is 12.7 Å². The Kier molecular flexibility index (Phi) is 4.22. The number of carboxylic acids is 1. The molecule has 1 rings (SSSR count). The third kappa shape index (κ3) is 3.61. The van der Waals surface area contributed by atoms with E-state index in [1.807, 2.05) is 6.07 Å². The number of nitrogens with zero attached hydrogens (tertiary/aromatic N) is 3. The first-order valence-electron chi connectivity index (χ1n) is 4.95. The molecule has 0 saturated heterocycles. The van der Waals surface area contributed by atoms with Crippen molar-refractivity contribution < 1.29 is 14.7 Å². The van der Waals surface area contributed by atoms with Crippen LogP contribution in [-0.4, -0.2) is 33.3 Å². The van der Waals surface area contributed by atoms with Crippen LogP contribution in [0, 0.1) is 18.3 Å². The van der Waals surface area contributed by atoms with E-state index in [2.05, 4.69) is 10.4 Å². The maximum absolute atomic E-state index is 11.3. The summed E-state index contributed by atoms with van der Waals surface area (Å²) in [6.45, 7) is 1.79. The molecule has 2 N–H and O–H groups in total. The molecule has 0 fully saturated rings. The van der Waals surface area contributed by atoms with Gasteiger partial charge in [0.1, 0.15) is 12.1 Å². The smallest absolute Gasteiger partial charge is 0.339 e. The van der Waals surface area contributed by atoms with Crippen molar-refractivity contribution in [2.45, 2.75) is 19.9 Å². The van der Waals surface area contributed by atoms with Crippen LogP contribution in [-0.2, 0) is 11.3 Å². The molecule has 0 aromatic carbocycles. The predicted molar refractivity (Wildman–Crippen MR) is 57.2 cm³/mol. The Morgan fingerprint density at radius 2 is 2.35 bits per heavy atom. The van der Waals surface area contributed by atoms with Gasteiger partial charge in [-0.3, -0.25) is 9.48 Å². The second kappa shape index (κ2) is 5.65. The van der Waals surface area contributed by atoms with Gasteiger partial charge in [0.05, 0.1) is 18.2 Å². The maximum Gasteiger partial charge on any atom is 0.339 e. The van der Waals surface area contributed by atoms with E-state index >= 15 is 0 Å². The second-order valence-electron chi connectivity index (χ2n) is 3.39. The highest BCUT2D eigenvalue weighted by atomic mass is 16.4. The molecule has 0 bridgehead atoms. The summed E-state index contributed by atoms with van der Waals surface area (Å²) >= 11 is 0. The molecular formula is C10H12N4O3. The van der Waals surface area contributed by atoms with E-state index in [4.69, 9.17) is 10.4 Å². The van der Waals surface area contributed by atoms with Gasteiger partial charge in [0.2, 0.25) is 5.91 Å². The van der Waals surface area contributed by atoms with Crippen LogP contribution in [0.4, 0.5) is 0 Å². The molecule has 7 heteroatoms. The minimum Gasteiger partial charge on any atom is -0.478 e. The molecule has 0 aliphatic carbocycles. The molecule has 1 aromatic heterocycles. The van der Waals surface area contributed by atoms with E-state index in [0.29, 0.717) is 5.69 Å². The van der Waals surface area contributed by atoms with Crippen molar-refractivity contribution in [3.05, 3.63) is 17.5 Å². The highest BCUT2D eigenvalue weighted by Gasteiger charge is 2.12. The summed E-state index contributed by atoms with van der Waals surface area (Å²) in [4.78, 5) is 22.1. The predicted octanol–water partition coefficient (Wildman–Crippen LogP) is -0.0804. The van der Waals surface area contributed by atoms with Crippen LogP contribution >= 0.6 is 0 Å². The molecule has 0 radical (unpaired) electrons. The Hall–Kier alpha value is -2.36. The first kappa shape index (κ1) is 12.7. The van der Waals surface area contributed by atoms with Crippen LogP contribution in [0.2, 0.25) is 0 Å². The number of aryl methyl sites for hydroxylation is 1. The fourth-order valence-electron chi connectivity index (χ4n) is 1.27. The second-order valence-corrected chi connectivity index (χ2v) is 3.39. The molecule has 90 valence electrons. The quantitative estimate of drug-likeness (QED) is 0.695. The average molecular weight is 236 g/mol. The van der Waals surface area contributed by atoms with Crippen LogP contribution in [0.1, 0.15) is 22.5 Å². The number of carbonyl (C=O) groups excluding carboxylic acids is 1. The molecule has 0 spiro atoms. The van der Waals surface area contributed by atoms with E-state index in [1.54, 1.807) is 6.92 Å². The zero-order valence-corrected chi connectivity index (χ0v) is 9.30. The molecule has 0 aliphatic rings. The van der Waals surface area contributed by atoms with Crippen molar-refractivity contribution >= 4 is 11.9 Å². The number of carbonyl (C=O) groups is 2. The Labute approximate surface area is 97.7 Å². The first-order chi connectivity index (χ1) is 8.04. The number of aromatic carboxylic acids is 1. The van der Waals surface area contributed by atoms with Crippen molar-refractivity contribution in [2.24, 2.45) is 0 Å². The normalized spacial score (nSPS) is 9.65. The molecule has 17 heavy (non-hydrogen) atoms. The van der Waals surface area contributed by atoms with Gasteiger partial charge in [-0.25, -0.2) is 4.79 Å². The highest BCUT2D eigenvalue weighted by molar-refractivity contribution is 5.88. The van der Waals surface area contributed by atoms with Crippen molar-refractivity contribution in [3.63, 3.8) is 0 Å². The lowest BCUT2D eigenvalue weighted by Crippen LogP contribution is -2.28. The summed E-state index contributed by atoms with van der Waals surface area (Å²) in [6, 6.07) is 1.90. The summed E-state index contributed by atoms with van der Waals surface area (Å²) in [5.41, 5.74) is 0.442. The number of nitrogens with one attached hydrogen (secondary N) is 1. The van der Waals surface area contributed by atoms with Crippen LogP contribution in [0.3, 0.4) is 0 Å². The Morgan fingerprint density at radius 1 is 1.65 bits per heavy atom. The molecule has 0 saturated carbocycles. The van der Waals surface area contributed by atoms with Gasteiger partial charge in [0.25, 0.3) is 0 Å². The van der Waals surface area contributed by atoms with Crippen LogP contribution in [0.15, 0.2) is 6.20 Å². The number of nitriles is 1. The zero-order valence-electron chi connectivity index (χ0n) is 9.30. The lowest BCUT2D eigenvalue weighted by molar-refractivity contribution is -0.121. The Bertz CT molecular complexity index is 472. The average Bonchev–Trinajstić information content (AvgIpc) is 2.60. The maximum atomic E-state index is 11.3. The number of hydrogen-bond acceptors (Lipinski definition) is 4. The first-order valence-corrected chi connectivity index (χ1v) is 4.95. The largest absolute Gasteiger partial charge is 0.478 e. The number of amides is 1. The van der Waals surface area contributed by atoms with Crippen molar-refractivity contribution in [2.75, 3.05) is 6.54 Å². The lowest BCUT2D eigenvalue weighted by Gasteiger charge is -2.02. The van der Waals surface area contributed by atoms with E-state index in [9.17, 15) is 9.59 Å². The summed E-state index contributed by atoms with van der Waals surface area (Å²) < 4.78 is 1.26. The highest BCUT2D eigenvalue weighted by Crippen LogP contribution is 2.04. The van der Waals surface area contributed by atoms with E-state index in [0.717, 1.165) is 0 Å². The lowest BCUT2D eigenvalue weighted by atomic mass is 10.3. The zero-order chi connectivity index (χ0) is 12.8. The number of aromatic nitrogens is 2. The molecule has 0 aliphatic heterocycles. The Morgan fingerprint density at radius 3 is 2.88 bits per heavy atom. The summed E-state index contributed by atoms with van der Waals surface area (Å²) in [5.74, 6) is -1.38. The molecule has 1 heterocycles. The molecule has 0 unspecified atom stereocenters. The van der Waals surface area contributed by atoms with Gasteiger partial charge in [0.15, 0.2) is 0 Å². The molecular weight excluding hydrogens is 224 g/mol. The molecule has 7 nitrogen and oxygen atoms in total. The fourth-order valence-corrected chi connectivity index (χ4v) is 1.27. The van der Waals surface area contributed by atoms with Crippen molar-refractivity contribution in [1.29, 1.82) is 5.26 Å². The van der Waals surface area contributed by atoms with Gasteiger partial charge in [-0.2, -0.15) is 10.4 Å². The summed E-state index contributed by atoms with van der Waals surface area (Å²) in [5, 5.41) is 23.5. The van der Waals surface area contributed by atoms with E-state index < -0.39 is 5.97 Å². The fraction of sp³-hybridized carbons (Fsp3) is 0.400. The number of rotatable bonds is 5. The summed E-state index contributed by atoms with van der Waals surface area (Å²) in [6.07, 6.45) is 1.55. The van der Waals surface area contributed by atoms with Gasteiger partial charge in [-0.05, 0) is 6.92 Å². The van der Waals surface area contributed by atoms with Gasteiger partial charge in [-0.15, -0.1) is 0 Å².